The molecule has 1 amide bonds. The summed E-state index contributed by atoms with van der Waals surface area (Å²) in [4.78, 5) is 41.6. The lowest BCUT2D eigenvalue weighted by Gasteiger charge is -2.15. The van der Waals surface area contributed by atoms with Crippen LogP contribution in [-0.2, 0) is 34.3 Å². The van der Waals surface area contributed by atoms with Crippen LogP contribution in [0.5, 0.6) is 11.5 Å². The fraction of sp³-hybridized carbons (Fsp3) is 0.333. The standard InChI is InChI=1S/C24H27N3O6/c1-15(23(29)25-14-16-9-10-19(31-3)20(13-16)32-4)33-22(28)12-11-21-26-18-8-6-5-7-17(18)24(30)27(21)2/h5-10,13,15H,11-12,14H2,1-4H3,(H,25,29). The highest BCUT2D eigenvalue weighted by molar-refractivity contribution is 5.83. The van der Waals surface area contributed by atoms with Gasteiger partial charge in [-0.25, -0.2) is 4.98 Å². The van der Waals surface area contributed by atoms with E-state index in [1.165, 1.54) is 18.6 Å². The Balaban J connectivity index is 1.53. The molecule has 9 nitrogen and oxygen atoms in total. The van der Waals surface area contributed by atoms with Gasteiger partial charge in [0.15, 0.2) is 17.6 Å². The molecule has 3 aromatic rings. The van der Waals surface area contributed by atoms with Crippen LogP contribution in [-0.4, -0.2) is 41.8 Å². The zero-order valence-corrected chi connectivity index (χ0v) is 19.1. The molecule has 2 aromatic carbocycles. The summed E-state index contributed by atoms with van der Waals surface area (Å²) in [5.74, 6) is 0.649. The van der Waals surface area contributed by atoms with E-state index in [2.05, 4.69) is 10.3 Å². The first-order valence-electron chi connectivity index (χ1n) is 10.5. The van der Waals surface area contributed by atoms with E-state index in [-0.39, 0.29) is 24.9 Å². The van der Waals surface area contributed by atoms with Gasteiger partial charge in [-0.05, 0) is 36.8 Å². The van der Waals surface area contributed by atoms with E-state index in [9.17, 15) is 14.4 Å². The third kappa shape index (κ3) is 5.68. The molecule has 0 aliphatic heterocycles. The number of carbonyl (C=O) groups is 2. The van der Waals surface area contributed by atoms with Crippen molar-refractivity contribution in [3.8, 4) is 11.5 Å². The zero-order chi connectivity index (χ0) is 24.0. The number of carbonyl (C=O) groups excluding carboxylic acids is 2. The van der Waals surface area contributed by atoms with Crippen LogP contribution in [0.15, 0.2) is 47.3 Å². The summed E-state index contributed by atoms with van der Waals surface area (Å²) in [5.41, 5.74) is 1.21. The molecular formula is C24H27N3O6. The lowest BCUT2D eigenvalue weighted by Crippen LogP contribution is -2.35. The first-order valence-corrected chi connectivity index (χ1v) is 10.5. The van der Waals surface area contributed by atoms with Crippen LogP contribution in [0.1, 0.15) is 24.7 Å². The monoisotopic (exact) mass is 453 g/mol. The molecule has 0 saturated heterocycles. The summed E-state index contributed by atoms with van der Waals surface area (Å²) < 4.78 is 17.1. The largest absolute Gasteiger partial charge is 0.493 e. The number of rotatable bonds is 9. The lowest BCUT2D eigenvalue weighted by atomic mass is 10.2. The van der Waals surface area contributed by atoms with Crippen molar-refractivity contribution in [1.29, 1.82) is 0 Å². The van der Waals surface area contributed by atoms with E-state index < -0.39 is 18.0 Å². The predicted molar refractivity (Wildman–Crippen MR) is 122 cm³/mol. The van der Waals surface area contributed by atoms with E-state index >= 15 is 0 Å². The number of amides is 1. The highest BCUT2D eigenvalue weighted by atomic mass is 16.5. The normalized spacial score (nSPS) is 11.6. The second-order valence-electron chi connectivity index (χ2n) is 7.45. The molecule has 33 heavy (non-hydrogen) atoms. The Labute approximate surface area is 191 Å². The van der Waals surface area contributed by atoms with Gasteiger partial charge in [0.25, 0.3) is 11.5 Å². The molecule has 0 radical (unpaired) electrons. The molecule has 9 heteroatoms. The average Bonchev–Trinajstić information content (AvgIpc) is 2.83. The highest BCUT2D eigenvalue weighted by Crippen LogP contribution is 2.27. The number of hydrogen-bond donors (Lipinski definition) is 1. The number of aromatic nitrogens is 2. The number of fused-ring (bicyclic) bond motifs is 1. The summed E-state index contributed by atoms with van der Waals surface area (Å²) in [6.45, 7) is 1.75. The third-order valence-corrected chi connectivity index (χ3v) is 5.22. The molecule has 1 unspecified atom stereocenters. The van der Waals surface area contributed by atoms with Gasteiger partial charge in [0.05, 0.1) is 31.5 Å². The minimum atomic E-state index is -0.967. The molecule has 0 bridgehead atoms. The van der Waals surface area contributed by atoms with E-state index in [1.807, 2.05) is 0 Å². The first-order chi connectivity index (χ1) is 15.8. The zero-order valence-electron chi connectivity index (χ0n) is 19.1. The van der Waals surface area contributed by atoms with Gasteiger partial charge in [0, 0.05) is 20.0 Å². The number of methoxy groups -OCH3 is 2. The number of esters is 1. The van der Waals surface area contributed by atoms with Gasteiger partial charge in [-0.2, -0.15) is 0 Å². The van der Waals surface area contributed by atoms with Crippen molar-refractivity contribution in [2.45, 2.75) is 32.4 Å². The minimum absolute atomic E-state index is 0.00802. The smallest absolute Gasteiger partial charge is 0.307 e. The molecular weight excluding hydrogens is 426 g/mol. The molecule has 1 aromatic heterocycles. The summed E-state index contributed by atoms with van der Waals surface area (Å²) in [7, 11) is 4.70. The molecule has 0 spiro atoms. The van der Waals surface area contributed by atoms with E-state index in [1.54, 1.807) is 56.6 Å². The van der Waals surface area contributed by atoms with Crippen molar-refractivity contribution in [1.82, 2.24) is 14.9 Å². The fourth-order valence-corrected chi connectivity index (χ4v) is 3.33. The third-order valence-electron chi connectivity index (χ3n) is 5.22. The first kappa shape index (κ1) is 23.8. The molecule has 3 rings (SSSR count). The number of para-hydroxylation sites is 1. The Morgan fingerprint density at radius 2 is 1.82 bits per heavy atom. The summed E-state index contributed by atoms with van der Waals surface area (Å²) in [5, 5.41) is 3.25. The molecule has 1 N–H and O–H groups in total. The molecule has 1 atom stereocenters. The van der Waals surface area contributed by atoms with E-state index in [0.29, 0.717) is 28.2 Å². The summed E-state index contributed by atoms with van der Waals surface area (Å²) in [6, 6.07) is 12.4. The predicted octanol–water partition coefficient (Wildman–Crippen LogP) is 2.13. The number of nitrogens with one attached hydrogen (secondary N) is 1. The Kier molecular flexibility index (Phi) is 7.66. The second kappa shape index (κ2) is 10.6. The van der Waals surface area contributed by atoms with Gasteiger partial charge in [-0.3, -0.25) is 19.0 Å². The van der Waals surface area contributed by atoms with E-state index in [0.717, 1.165) is 5.56 Å². The van der Waals surface area contributed by atoms with Crippen LogP contribution >= 0.6 is 0 Å². The number of ether oxygens (including phenoxy) is 3. The number of hydrogen-bond acceptors (Lipinski definition) is 7. The molecule has 0 fully saturated rings. The van der Waals surface area contributed by atoms with Gasteiger partial charge in [-0.1, -0.05) is 18.2 Å². The van der Waals surface area contributed by atoms with Gasteiger partial charge in [0.1, 0.15) is 5.82 Å². The van der Waals surface area contributed by atoms with Crippen LogP contribution in [0, 0.1) is 0 Å². The maximum Gasteiger partial charge on any atom is 0.307 e. The highest BCUT2D eigenvalue weighted by Gasteiger charge is 2.18. The Bertz CT molecular complexity index is 1220. The summed E-state index contributed by atoms with van der Waals surface area (Å²) in [6.07, 6.45) is -0.757. The van der Waals surface area contributed by atoms with Crippen molar-refractivity contribution in [3.05, 3.63) is 64.2 Å². The SMILES string of the molecule is COc1ccc(CNC(=O)C(C)OC(=O)CCc2nc3ccccc3c(=O)n2C)cc1OC. The van der Waals surface area contributed by atoms with Crippen LogP contribution in [0.25, 0.3) is 10.9 Å². The molecule has 0 saturated carbocycles. The van der Waals surface area contributed by atoms with Crippen LogP contribution < -0.4 is 20.3 Å². The number of benzene rings is 2. The number of aryl methyl sites for hydroxylation is 1. The molecule has 1 heterocycles. The van der Waals surface area contributed by atoms with Gasteiger partial charge in [0.2, 0.25) is 0 Å². The fourth-order valence-electron chi connectivity index (χ4n) is 3.33. The molecule has 0 aliphatic carbocycles. The van der Waals surface area contributed by atoms with Crippen LogP contribution in [0.3, 0.4) is 0 Å². The maximum atomic E-state index is 12.5. The Hall–Kier alpha value is -3.88. The lowest BCUT2D eigenvalue weighted by molar-refractivity contribution is -0.154. The van der Waals surface area contributed by atoms with Crippen molar-refractivity contribution < 1.29 is 23.8 Å². The van der Waals surface area contributed by atoms with Crippen molar-refractivity contribution >= 4 is 22.8 Å². The van der Waals surface area contributed by atoms with Gasteiger partial charge >= 0.3 is 5.97 Å². The Morgan fingerprint density at radius 3 is 2.55 bits per heavy atom. The van der Waals surface area contributed by atoms with Gasteiger partial charge < -0.3 is 19.5 Å². The molecule has 174 valence electrons. The summed E-state index contributed by atoms with van der Waals surface area (Å²) >= 11 is 0. The van der Waals surface area contributed by atoms with E-state index in [4.69, 9.17) is 14.2 Å². The molecule has 0 aliphatic rings. The van der Waals surface area contributed by atoms with Crippen molar-refractivity contribution in [2.24, 2.45) is 7.05 Å². The quantitative estimate of drug-likeness (QED) is 0.495. The van der Waals surface area contributed by atoms with Crippen molar-refractivity contribution in [2.75, 3.05) is 14.2 Å². The second-order valence-corrected chi connectivity index (χ2v) is 7.45. The van der Waals surface area contributed by atoms with Crippen LogP contribution in [0.2, 0.25) is 0 Å². The maximum absolute atomic E-state index is 12.5. The Morgan fingerprint density at radius 1 is 1.09 bits per heavy atom. The average molecular weight is 453 g/mol. The number of nitrogens with zero attached hydrogens (tertiary/aromatic N) is 2. The topological polar surface area (TPSA) is 109 Å². The van der Waals surface area contributed by atoms with Gasteiger partial charge in [-0.15, -0.1) is 0 Å². The minimum Gasteiger partial charge on any atom is -0.493 e. The van der Waals surface area contributed by atoms with Crippen LogP contribution in [0.4, 0.5) is 0 Å². The van der Waals surface area contributed by atoms with Crippen molar-refractivity contribution in [3.63, 3.8) is 0 Å².